The Morgan fingerprint density at radius 1 is 1.00 bits per heavy atom. The van der Waals surface area contributed by atoms with Crippen LogP contribution < -0.4 is 10.5 Å². The predicted molar refractivity (Wildman–Crippen MR) is 99.9 cm³/mol. The van der Waals surface area contributed by atoms with E-state index in [0.29, 0.717) is 0 Å². The Bertz CT molecular complexity index is 1290. The Labute approximate surface area is 176 Å². The zero-order chi connectivity index (χ0) is 23.9. The fourth-order valence-electron chi connectivity index (χ4n) is 2.67. The van der Waals surface area contributed by atoms with Gasteiger partial charge in [0.2, 0.25) is 0 Å². The van der Waals surface area contributed by atoms with E-state index in [0.717, 1.165) is 10.9 Å². The van der Waals surface area contributed by atoms with E-state index < -0.39 is 38.4 Å². The average Bonchev–Trinajstić information content (AvgIpc) is 3.07. The fraction of sp³-hybridized carbons (Fsp3) is 0.111. The second-order valence-electron chi connectivity index (χ2n) is 6.33. The zero-order valence-electron chi connectivity index (χ0n) is 15.5. The number of nitriles is 1. The largest absolute Gasteiger partial charge is 0.416 e. The number of para-hydroxylation sites is 2. The number of nitrogens with one attached hydrogen (secondary N) is 1. The van der Waals surface area contributed by atoms with Gasteiger partial charge >= 0.3 is 12.4 Å². The van der Waals surface area contributed by atoms with Crippen molar-refractivity contribution in [3.63, 3.8) is 0 Å². The fourth-order valence-corrected chi connectivity index (χ4v) is 3.81. The van der Waals surface area contributed by atoms with Crippen LogP contribution in [0.2, 0.25) is 0 Å². The summed E-state index contributed by atoms with van der Waals surface area (Å²) in [7, 11) is -4.92. The van der Waals surface area contributed by atoms with E-state index >= 15 is 0 Å². The molecule has 3 N–H and O–H groups in total. The number of nitrogens with zero attached hydrogens (tertiary/aromatic N) is 3. The monoisotopic (exact) mass is 475 g/mol. The summed E-state index contributed by atoms with van der Waals surface area (Å²) in [6.45, 7) is 0. The molecular weight excluding hydrogens is 464 g/mol. The van der Waals surface area contributed by atoms with Crippen LogP contribution in [0.4, 0.5) is 37.8 Å². The average molecular weight is 475 g/mol. The predicted octanol–water partition coefficient (Wildman–Crippen LogP) is 4.16. The normalized spacial score (nSPS) is 12.4. The molecule has 3 rings (SSSR count). The van der Waals surface area contributed by atoms with Gasteiger partial charge < -0.3 is 5.73 Å². The van der Waals surface area contributed by atoms with Crippen molar-refractivity contribution in [2.75, 3.05) is 10.5 Å². The van der Waals surface area contributed by atoms with Crippen molar-refractivity contribution in [2.45, 2.75) is 17.2 Å². The number of nitrogens with two attached hydrogens (primary N) is 1. The van der Waals surface area contributed by atoms with Crippen molar-refractivity contribution < 1.29 is 34.8 Å². The summed E-state index contributed by atoms with van der Waals surface area (Å²) >= 11 is 0. The van der Waals surface area contributed by atoms with Crippen molar-refractivity contribution in [1.82, 2.24) is 9.78 Å². The highest BCUT2D eigenvalue weighted by Gasteiger charge is 2.38. The highest BCUT2D eigenvalue weighted by Crippen LogP contribution is 2.37. The molecule has 2 aromatic carbocycles. The summed E-state index contributed by atoms with van der Waals surface area (Å²) < 4.78 is 107. The van der Waals surface area contributed by atoms with Crippen LogP contribution in [0.15, 0.2) is 53.6 Å². The number of aromatic nitrogens is 2. The third-order valence-electron chi connectivity index (χ3n) is 4.17. The van der Waals surface area contributed by atoms with Crippen LogP contribution >= 0.6 is 0 Å². The van der Waals surface area contributed by atoms with Gasteiger partial charge in [-0.05, 0) is 30.3 Å². The van der Waals surface area contributed by atoms with Gasteiger partial charge in [-0.1, -0.05) is 12.1 Å². The van der Waals surface area contributed by atoms with E-state index in [-0.39, 0.29) is 41.0 Å². The van der Waals surface area contributed by atoms with Gasteiger partial charge in [0.25, 0.3) is 10.0 Å². The first kappa shape index (κ1) is 22.9. The molecule has 0 atom stereocenters. The molecule has 1 aromatic heterocycles. The van der Waals surface area contributed by atoms with Crippen molar-refractivity contribution in [3.05, 3.63) is 65.4 Å². The molecule has 0 aliphatic rings. The molecule has 0 aliphatic carbocycles. The van der Waals surface area contributed by atoms with Crippen molar-refractivity contribution in [3.8, 4) is 11.8 Å². The molecule has 0 fully saturated rings. The number of benzene rings is 2. The lowest BCUT2D eigenvalue weighted by Gasteiger charge is -2.16. The minimum atomic E-state index is -5.22. The second kappa shape index (κ2) is 7.75. The first-order chi connectivity index (χ1) is 14.7. The van der Waals surface area contributed by atoms with Crippen LogP contribution in [0, 0.1) is 11.3 Å². The summed E-state index contributed by atoms with van der Waals surface area (Å²) in [5, 5.41) is 12.8. The van der Waals surface area contributed by atoms with E-state index in [2.05, 4.69) is 5.10 Å². The maximum atomic E-state index is 13.1. The Hall–Kier alpha value is -3.73. The van der Waals surface area contributed by atoms with Crippen LogP contribution in [0.3, 0.4) is 0 Å². The van der Waals surface area contributed by atoms with Crippen LogP contribution in [-0.4, -0.2) is 18.2 Å². The lowest BCUT2D eigenvalue weighted by molar-refractivity contribution is -0.143. The lowest BCUT2D eigenvalue weighted by Crippen LogP contribution is -2.18. The van der Waals surface area contributed by atoms with Gasteiger partial charge in [0.05, 0.1) is 33.6 Å². The minimum absolute atomic E-state index is 0.0157. The summed E-state index contributed by atoms with van der Waals surface area (Å²) in [4.78, 5) is -1.25. The van der Waals surface area contributed by atoms with E-state index in [1.807, 2.05) is 4.72 Å². The molecular formula is C18H11F6N5O2S. The van der Waals surface area contributed by atoms with Gasteiger partial charge in [-0.3, -0.25) is 4.72 Å². The van der Waals surface area contributed by atoms with Crippen molar-refractivity contribution >= 4 is 21.5 Å². The molecule has 168 valence electrons. The van der Waals surface area contributed by atoms with Gasteiger partial charge in [-0.15, -0.1) is 0 Å². The molecule has 7 nitrogen and oxygen atoms in total. The van der Waals surface area contributed by atoms with Gasteiger partial charge in [-0.2, -0.15) is 36.7 Å². The first-order valence-electron chi connectivity index (χ1n) is 8.39. The van der Waals surface area contributed by atoms with Gasteiger partial charge in [0.1, 0.15) is 17.5 Å². The summed E-state index contributed by atoms with van der Waals surface area (Å²) in [6.07, 6.45) is -9.34. The Balaban J connectivity index is 2.12. The first-order valence-corrected chi connectivity index (χ1v) is 9.87. The number of rotatable bonds is 4. The van der Waals surface area contributed by atoms with E-state index in [1.54, 1.807) is 6.07 Å². The van der Waals surface area contributed by atoms with Gasteiger partial charge in [0.15, 0.2) is 0 Å². The molecule has 0 bridgehead atoms. The van der Waals surface area contributed by atoms with E-state index in [4.69, 9.17) is 11.0 Å². The Kier molecular flexibility index (Phi) is 5.56. The molecule has 0 saturated heterocycles. The summed E-state index contributed by atoms with van der Waals surface area (Å²) in [5.74, 6) is -0.155. The third kappa shape index (κ3) is 4.47. The number of hydrogen-bond acceptors (Lipinski definition) is 5. The lowest BCUT2D eigenvalue weighted by atomic mass is 10.1. The third-order valence-corrected chi connectivity index (χ3v) is 5.52. The van der Waals surface area contributed by atoms with Gasteiger partial charge in [0, 0.05) is 0 Å². The SMILES string of the molecule is N#Cc1cnn(-c2ccccc2NS(=O)(=O)c2cc(C(F)(F)F)cc(C(F)(F)F)c2)c1N. The number of nitrogen functional groups attached to an aromatic ring is 1. The molecule has 0 radical (unpaired) electrons. The quantitative estimate of drug-likeness (QED) is 0.550. The van der Waals surface area contributed by atoms with Crippen molar-refractivity contribution in [2.24, 2.45) is 0 Å². The number of hydrogen-bond donors (Lipinski definition) is 2. The smallest absolute Gasteiger partial charge is 0.382 e. The number of halogens is 6. The van der Waals surface area contributed by atoms with Crippen LogP contribution in [0.1, 0.15) is 16.7 Å². The molecule has 1 heterocycles. The molecule has 0 unspecified atom stereocenters. The summed E-state index contributed by atoms with van der Waals surface area (Å²) in [5.41, 5.74) is 1.91. The maximum absolute atomic E-state index is 13.1. The standard InChI is InChI=1S/C18H11F6N5O2S/c19-17(20,21)11-5-12(18(22,23)24)7-13(6-11)32(30,31)28-14-3-1-2-4-15(14)29-16(26)10(8-25)9-27-29/h1-7,9,28H,26H2. The molecule has 32 heavy (non-hydrogen) atoms. The number of anilines is 2. The highest BCUT2D eigenvalue weighted by atomic mass is 32.2. The van der Waals surface area contributed by atoms with Crippen molar-refractivity contribution in [1.29, 1.82) is 5.26 Å². The van der Waals surface area contributed by atoms with Gasteiger partial charge in [-0.25, -0.2) is 13.1 Å². The molecule has 0 amide bonds. The van der Waals surface area contributed by atoms with E-state index in [1.165, 1.54) is 24.3 Å². The topological polar surface area (TPSA) is 114 Å². The van der Waals surface area contributed by atoms with Crippen LogP contribution in [0.5, 0.6) is 0 Å². The molecule has 0 spiro atoms. The molecule has 0 saturated carbocycles. The minimum Gasteiger partial charge on any atom is -0.382 e. The molecule has 0 aliphatic heterocycles. The Morgan fingerprint density at radius 2 is 1.56 bits per heavy atom. The maximum Gasteiger partial charge on any atom is 0.416 e. The number of alkyl halides is 6. The highest BCUT2D eigenvalue weighted by molar-refractivity contribution is 7.92. The zero-order valence-corrected chi connectivity index (χ0v) is 16.3. The number of sulfonamides is 1. The Morgan fingerprint density at radius 3 is 2.06 bits per heavy atom. The summed E-state index contributed by atoms with van der Waals surface area (Å²) in [6, 6.07) is 7.10. The molecule has 3 aromatic rings. The van der Waals surface area contributed by atoms with Crippen LogP contribution in [0.25, 0.3) is 5.69 Å². The van der Waals surface area contributed by atoms with E-state index in [9.17, 15) is 34.8 Å². The second-order valence-corrected chi connectivity index (χ2v) is 8.01. The molecule has 14 heteroatoms. The van der Waals surface area contributed by atoms with Crippen LogP contribution in [-0.2, 0) is 22.4 Å².